The maximum atomic E-state index is 14.7. The van der Waals surface area contributed by atoms with Crippen molar-refractivity contribution < 1.29 is 22.7 Å². The maximum absolute atomic E-state index is 14.7. The quantitative estimate of drug-likeness (QED) is 0.101. The number of benzene rings is 2. The van der Waals surface area contributed by atoms with Crippen LogP contribution in [0.15, 0.2) is 85.7 Å². The smallest absolute Gasteiger partial charge is 0.223 e. The average Bonchev–Trinajstić information content (AvgIpc) is 3.78. The van der Waals surface area contributed by atoms with E-state index >= 15 is 0 Å². The van der Waals surface area contributed by atoms with Crippen LogP contribution in [0.3, 0.4) is 0 Å². The van der Waals surface area contributed by atoms with Gasteiger partial charge in [-0.1, -0.05) is 20.8 Å². The van der Waals surface area contributed by atoms with E-state index in [4.69, 9.17) is 4.98 Å². The third kappa shape index (κ3) is 8.52. The van der Waals surface area contributed by atoms with Crippen LogP contribution >= 0.6 is 0 Å². The number of anilines is 2. The van der Waals surface area contributed by atoms with Crippen molar-refractivity contribution in [2.45, 2.75) is 53.9 Å². The molecule has 0 spiro atoms. The molecule has 2 aromatic carbocycles. The van der Waals surface area contributed by atoms with E-state index < -0.39 is 23.3 Å². The van der Waals surface area contributed by atoms with E-state index in [1.165, 1.54) is 37.1 Å². The molecule has 0 amide bonds. The second-order valence-electron chi connectivity index (χ2n) is 16.2. The fraction of sp³-hybridized carbons (Fsp3) is 0.289. The van der Waals surface area contributed by atoms with Gasteiger partial charge in [-0.25, -0.2) is 47.5 Å². The lowest BCUT2D eigenvalue weighted by atomic mass is 9.95. The molecule has 1 saturated carbocycles. The van der Waals surface area contributed by atoms with Crippen molar-refractivity contribution in [3.63, 3.8) is 0 Å². The lowest BCUT2D eigenvalue weighted by molar-refractivity contribution is 0.170. The van der Waals surface area contributed by atoms with E-state index in [0.717, 1.165) is 25.1 Å². The molecule has 318 valence electrons. The molecule has 3 N–H and O–H groups in total. The molecule has 9 rings (SSSR count). The number of imidazole rings is 2. The van der Waals surface area contributed by atoms with Crippen molar-refractivity contribution in [3.05, 3.63) is 120 Å². The molecule has 0 atom stereocenters. The summed E-state index contributed by atoms with van der Waals surface area (Å²) in [7, 11) is 0. The van der Waals surface area contributed by atoms with Crippen molar-refractivity contribution in [2.75, 3.05) is 30.3 Å². The highest BCUT2D eigenvalue weighted by Gasteiger charge is 2.40. The second-order valence-corrected chi connectivity index (χ2v) is 16.2. The van der Waals surface area contributed by atoms with Gasteiger partial charge in [-0.15, -0.1) is 0 Å². The topological polar surface area (TPSA) is 156 Å². The predicted molar refractivity (Wildman–Crippen MR) is 228 cm³/mol. The van der Waals surface area contributed by atoms with E-state index in [2.05, 4.69) is 52.4 Å². The zero-order chi connectivity index (χ0) is 43.8. The van der Waals surface area contributed by atoms with Crippen LogP contribution in [0.5, 0.6) is 0 Å². The molecule has 1 aliphatic carbocycles. The number of aliphatic hydroxyl groups excluding tert-OH is 1. The van der Waals surface area contributed by atoms with Crippen molar-refractivity contribution >= 4 is 23.2 Å². The van der Waals surface area contributed by atoms with Crippen molar-refractivity contribution in [1.82, 2.24) is 48.7 Å². The van der Waals surface area contributed by atoms with Gasteiger partial charge in [0, 0.05) is 85.6 Å². The summed E-state index contributed by atoms with van der Waals surface area (Å²) in [6, 6.07) is 10.3. The van der Waals surface area contributed by atoms with Crippen LogP contribution in [0.4, 0.5) is 29.5 Å². The molecule has 0 radical (unpaired) electrons. The van der Waals surface area contributed by atoms with Crippen LogP contribution in [-0.2, 0) is 0 Å². The van der Waals surface area contributed by atoms with Gasteiger partial charge in [-0.2, -0.15) is 0 Å². The number of rotatable bonds is 12. The van der Waals surface area contributed by atoms with Crippen LogP contribution in [0.2, 0.25) is 0 Å². The molecule has 13 nitrogen and oxygen atoms in total. The summed E-state index contributed by atoms with van der Waals surface area (Å²) in [6.45, 7) is 11.0. The molecule has 6 aromatic heterocycles. The van der Waals surface area contributed by atoms with Crippen molar-refractivity contribution in [1.29, 1.82) is 0 Å². The third-order valence-corrected chi connectivity index (χ3v) is 11.1. The number of hydrogen-bond donors (Lipinski definition) is 3. The van der Waals surface area contributed by atoms with Crippen LogP contribution < -0.4 is 10.6 Å². The van der Waals surface area contributed by atoms with Gasteiger partial charge in [-0.3, -0.25) is 18.8 Å². The largest absolute Gasteiger partial charge is 0.396 e. The minimum atomic E-state index is -0.715. The van der Waals surface area contributed by atoms with E-state index in [1.54, 1.807) is 60.6 Å². The Morgan fingerprint density at radius 1 is 0.661 bits per heavy atom. The van der Waals surface area contributed by atoms with Crippen LogP contribution in [0, 0.1) is 47.9 Å². The third-order valence-electron chi connectivity index (χ3n) is 11.1. The Balaban J connectivity index is 0.000000171. The van der Waals surface area contributed by atoms with Crippen LogP contribution in [-0.4, -0.2) is 73.5 Å². The summed E-state index contributed by atoms with van der Waals surface area (Å²) in [6.07, 6.45) is 13.6. The number of halogens is 4. The van der Waals surface area contributed by atoms with Crippen LogP contribution in [0.1, 0.15) is 51.4 Å². The molecule has 6 heterocycles. The number of fused-ring (bicyclic) bond motifs is 2. The molecular weight excluding hydrogens is 801 g/mol. The van der Waals surface area contributed by atoms with Gasteiger partial charge in [0.2, 0.25) is 11.9 Å². The Morgan fingerprint density at radius 3 is 1.58 bits per heavy atom. The second kappa shape index (κ2) is 16.9. The van der Waals surface area contributed by atoms with Gasteiger partial charge in [0.1, 0.15) is 34.7 Å². The van der Waals surface area contributed by atoms with Gasteiger partial charge in [0.15, 0.2) is 11.3 Å². The predicted octanol–water partition coefficient (Wildman–Crippen LogP) is 8.91. The lowest BCUT2D eigenvalue weighted by Gasteiger charge is -2.21. The van der Waals surface area contributed by atoms with Crippen molar-refractivity contribution in [2.24, 2.45) is 10.8 Å². The van der Waals surface area contributed by atoms with Gasteiger partial charge >= 0.3 is 0 Å². The van der Waals surface area contributed by atoms with Crippen LogP contribution in [0.25, 0.3) is 56.6 Å². The minimum absolute atomic E-state index is 0.00716. The highest BCUT2D eigenvalue weighted by atomic mass is 19.1. The lowest BCUT2D eigenvalue weighted by Crippen LogP contribution is -2.27. The monoisotopic (exact) mass is 844 g/mol. The number of aryl methyl sites for hydroxylation is 2. The molecular formula is C45H44F4N12O. The van der Waals surface area contributed by atoms with E-state index in [9.17, 15) is 22.7 Å². The summed E-state index contributed by atoms with van der Waals surface area (Å²) < 4.78 is 60.0. The Hall–Kier alpha value is -6.88. The Bertz CT molecular complexity index is 2740. The summed E-state index contributed by atoms with van der Waals surface area (Å²) in [5.74, 6) is -1.81. The molecule has 1 fully saturated rings. The molecule has 0 unspecified atom stereocenters. The Labute approximate surface area is 354 Å². The fourth-order valence-corrected chi connectivity index (χ4v) is 7.06. The first-order chi connectivity index (χ1) is 29.8. The van der Waals surface area contributed by atoms with E-state index in [0.29, 0.717) is 80.7 Å². The molecule has 1 aliphatic rings. The zero-order valence-corrected chi connectivity index (χ0v) is 34.8. The molecule has 17 heteroatoms. The van der Waals surface area contributed by atoms with Crippen molar-refractivity contribution in [3.8, 4) is 45.3 Å². The van der Waals surface area contributed by atoms with Gasteiger partial charge in [-0.05, 0) is 74.9 Å². The first-order valence-corrected chi connectivity index (χ1v) is 20.1. The maximum Gasteiger partial charge on any atom is 0.223 e. The van der Waals surface area contributed by atoms with E-state index in [-0.39, 0.29) is 23.1 Å². The highest BCUT2D eigenvalue weighted by molar-refractivity contribution is 5.82. The number of nitrogens with one attached hydrogen (secondary N) is 2. The fourth-order valence-electron chi connectivity index (χ4n) is 7.06. The zero-order valence-electron chi connectivity index (χ0n) is 34.8. The van der Waals surface area contributed by atoms with E-state index in [1.807, 2.05) is 25.2 Å². The molecule has 0 aliphatic heterocycles. The Morgan fingerprint density at radius 2 is 1.15 bits per heavy atom. The minimum Gasteiger partial charge on any atom is -0.396 e. The Kier molecular flexibility index (Phi) is 11.4. The van der Waals surface area contributed by atoms with Gasteiger partial charge in [0.05, 0.1) is 34.2 Å². The summed E-state index contributed by atoms with van der Waals surface area (Å²) >= 11 is 0. The summed E-state index contributed by atoms with van der Waals surface area (Å²) in [4.78, 5) is 35.7. The number of nitrogens with zero attached hydrogens (tertiary/aromatic N) is 10. The molecule has 0 bridgehead atoms. The SMILES string of the molecule is CCC1(CNc2nccc(-c3c(-c4ccc(F)cc4F)nc4c(C)nccn34)n2)CC1.Cc1nccn2c(-c3ccnc(NCC(C)(C)CO)n3)c(-c3ccc(F)cc3F)nc12. The summed E-state index contributed by atoms with van der Waals surface area (Å²) in [5.41, 5.74) is 5.81. The average molecular weight is 845 g/mol. The molecule has 8 aromatic rings. The first-order valence-electron chi connectivity index (χ1n) is 20.1. The first kappa shape index (κ1) is 41.8. The number of aromatic nitrogens is 10. The highest BCUT2D eigenvalue weighted by Crippen LogP contribution is 2.48. The van der Waals surface area contributed by atoms with Gasteiger partial charge in [0.25, 0.3) is 0 Å². The molecule has 62 heavy (non-hydrogen) atoms. The number of hydrogen-bond acceptors (Lipinski definition) is 11. The normalized spacial score (nSPS) is 13.3. The number of aliphatic hydroxyl groups is 1. The molecule has 0 saturated heterocycles. The standard InChI is InChI=1S/C23H22F2N6.C22H22F2N6O/c1-3-23(7-8-23)13-28-22-27-9-6-18(29-22)20-19(16-5-4-15(24)12-17(16)25)30-21-14(2)26-10-11-31(20)21;1-13-20-29-18(15-5-4-14(23)10-16(15)24)19(30(20)9-8-25-13)17-6-7-26-21(28-17)27-11-22(2,3)12-31/h4-6,9-12H,3,7-8,13H2,1-2H3,(H,27,28,29);4-10,31H,11-12H2,1-3H3,(H,26,27,28). The van der Waals surface area contributed by atoms with Gasteiger partial charge < -0.3 is 15.7 Å². The summed E-state index contributed by atoms with van der Waals surface area (Å²) in [5, 5.41) is 15.9.